The van der Waals surface area contributed by atoms with Gasteiger partial charge in [0.25, 0.3) is 0 Å². The molecule has 0 spiro atoms. The number of benzene rings is 1. The Morgan fingerprint density at radius 1 is 1.58 bits per heavy atom. The lowest BCUT2D eigenvalue weighted by atomic mass is 10.2. The van der Waals surface area contributed by atoms with Crippen molar-refractivity contribution in [2.24, 2.45) is 0 Å². The highest BCUT2D eigenvalue weighted by Crippen LogP contribution is 2.38. The minimum atomic E-state index is -1.00. The molecule has 0 amide bonds. The van der Waals surface area contributed by atoms with E-state index in [1.54, 1.807) is 0 Å². The summed E-state index contributed by atoms with van der Waals surface area (Å²) in [5, 5.41) is 9.04. The second kappa shape index (κ2) is 6.25. The summed E-state index contributed by atoms with van der Waals surface area (Å²) < 4.78 is 17.1. The minimum absolute atomic E-state index is 0.0221. The van der Waals surface area contributed by atoms with Gasteiger partial charge in [-0.25, -0.2) is 4.79 Å². The van der Waals surface area contributed by atoms with Crippen molar-refractivity contribution >= 4 is 21.9 Å². The van der Waals surface area contributed by atoms with Crippen molar-refractivity contribution in [1.29, 1.82) is 0 Å². The molecule has 1 fully saturated rings. The molecule has 0 aromatic heterocycles. The topological polar surface area (TPSA) is 65.0 Å². The summed E-state index contributed by atoms with van der Waals surface area (Å²) >= 11 is 3.33. The van der Waals surface area contributed by atoms with Gasteiger partial charge in [0.15, 0.2) is 11.5 Å². The molecular formula is C13H15BrO5. The molecule has 1 aliphatic heterocycles. The third kappa shape index (κ3) is 3.39. The van der Waals surface area contributed by atoms with E-state index in [1.165, 1.54) is 12.1 Å². The first-order valence-corrected chi connectivity index (χ1v) is 6.85. The number of carbonyl (C=O) groups is 1. The highest BCUT2D eigenvalue weighted by Gasteiger charge is 2.22. The van der Waals surface area contributed by atoms with Gasteiger partial charge in [-0.1, -0.05) is 0 Å². The second-order valence-corrected chi connectivity index (χ2v) is 4.98. The van der Waals surface area contributed by atoms with Crippen LogP contribution in [0.3, 0.4) is 0 Å². The van der Waals surface area contributed by atoms with Gasteiger partial charge in [0.05, 0.1) is 29.9 Å². The van der Waals surface area contributed by atoms with E-state index in [9.17, 15) is 4.79 Å². The van der Waals surface area contributed by atoms with Crippen LogP contribution in [0.4, 0.5) is 0 Å². The Balaban J connectivity index is 2.30. The quantitative estimate of drug-likeness (QED) is 0.899. The van der Waals surface area contributed by atoms with E-state index in [0.29, 0.717) is 35.8 Å². The van der Waals surface area contributed by atoms with Crippen molar-refractivity contribution in [1.82, 2.24) is 0 Å². The number of rotatable bonds is 5. The molecule has 0 saturated carbocycles. The van der Waals surface area contributed by atoms with Crippen LogP contribution in [0, 0.1) is 0 Å². The van der Waals surface area contributed by atoms with Gasteiger partial charge in [-0.3, -0.25) is 0 Å². The largest absolute Gasteiger partial charge is 0.490 e. The maximum atomic E-state index is 11.0. The van der Waals surface area contributed by atoms with Crippen molar-refractivity contribution in [3.8, 4) is 11.5 Å². The van der Waals surface area contributed by atoms with Gasteiger partial charge in [0.2, 0.25) is 0 Å². The Bertz CT molecular complexity index is 468. The van der Waals surface area contributed by atoms with Crippen LogP contribution < -0.4 is 9.47 Å². The standard InChI is InChI=1S/C13H15BrO5/c1-2-18-11-6-8(13(15)16)5-10(14)12(11)19-9-3-4-17-7-9/h5-6,9H,2-4,7H2,1H3,(H,15,16). The first-order chi connectivity index (χ1) is 9.11. The van der Waals surface area contributed by atoms with Crippen LogP contribution in [-0.2, 0) is 4.74 Å². The van der Waals surface area contributed by atoms with Crippen molar-refractivity contribution < 1.29 is 24.1 Å². The highest BCUT2D eigenvalue weighted by atomic mass is 79.9. The molecule has 19 heavy (non-hydrogen) atoms. The van der Waals surface area contributed by atoms with Gasteiger partial charge < -0.3 is 19.3 Å². The Kier molecular flexibility index (Phi) is 4.66. The van der Waals surface area contributed by atoms with Crippen LogP contribution in [-0.4, -0.2) is 37.0 Å². The molecule has 2 rings (SSSR count). The summed E-state index contributed by atoms with van der Waals surface area (Å²) in [6, 6.07) is 2.98. The van der Waals surface area contributed by atoms with Crippen LogP contribution >= 0.6 is 15.9 Å². The fourth-order valence-corrected chi connectivity index (χ4v) is 2.38. The summed E-state index contributed by atoms with van der Waals surface area (Å²) in [6.45, 7) is 3.50. The number of ether oxygens (including phenoxy) is 3. The number of carboxylic acids is 1. The predicted octanol–water partition coefficient (Wildman–Crippen LogP) is 2.71. The molecule has 0 aliphatic carbocycles. The lowest BCUT2D eigenvalue weighted by molar-refractivity contribution is 0.0696. The average molecular weight is 331 g/mol. The minimum Gasteiger partial charge on any atom is -0.490 e. The predicted molar refractivity (Wildman–Crippen MR) is 72.1 cm³/mol. The molecule has 1 atom stereocenters. The smallest absolute Gasteiger partial charge is 0.335 e. The molecule has 6 heteroatoms. The Morgan fingerprint density at radius 3 is 2.95 bits per heavy atom. The number of aromatic carboxylic acids is 1. The van der Waals surface area contributed by atoms with Gasteiger partial charge in [-0.05, 0) is 35.0 Å². The lowest BCUT2D eigenvalue weighted by Crippen LogP contribution is -2.17. The molecular weight excluding hydrogens is 316 g/mol. The first kappa shape index (κ1) is 14.1. The summed E-state index contributed by atoms with van der Waals surface area (Å²) in [6.07, 6.45) is 0.796. The third-order valence-corrected chi connectivity index (χ3v) is 3.32. The molecule has 1 aromatic rings. The van der Waals surface area contributed by atoms with Crippen molar-refractivity contribution in [3.63, 3.8) is 0 Å². The summed E-state index contributed by atoms with van der Waals surface area (Å²) in [4.78, 5) is 11.0. The van der Waals surface area contributed by atoms with Crippen LogP contribution in [0.5, 0.6) is 11.5 Å². The Labute approximate surface area is 119 Å². The average Bonchev–Trinajstić information content (AvgIpc) is 2.86. The molecule has 1 heterocycles. The maximum Gasteiger partial charge on any atom is 0.335 e. The molecule has 0 radical (unpaired) electrons. The molecule has 1 N–H and O–H groups in total. The van der Waals surface area contributed by atoms with Crippen LogP contribution in [0.1, 0.15) is 23.7 Å². The van der Waals surface area contributed by atoms with Crippen LogP contribution in [0.2, 0.25) is 0 Å². The number of hydrogen-bond donors (Lipinski definition) is 1. The van der Waals surface area contributed by atoms with E-state index < -0.39 is 5.97 Å². The summed E-state index contributed by atoms with van der Waals surface area (Å²) in [7, 11) is 0. The maximum absolute atomic E-state index is 11.0. The van der Waals surface area contributed by atoms with Crippen molar-refractivity contribution in [3.05, 3.63) is 22.2 Å². The lowest BCUT2D eigenvalue weighted by Gasteiger charge is -2.17. The van der Waals surface area contributed by atoms with Gasteiger partial charge in [-0.2, -0.15) is 0 Å². The highest BCUT2D eigenvalue weighted by molar-refractivity contribution is 9.10. The van der Waals surface area contributed by atoms with Crippen LogP contribution in [0.15, 0.2) is 16.6 Å². The van der Waals surface area contributed by atoms with E-state index in [1.807, 2.05) is 6.92 Å². The van der Waals surface area contributed by atoms with E-state index in [2.05, 4.69) is 15.9 Å². The monoisotopic (exact) mass is 330 g/mol. The molecule has 0 bridgehead atoms. The fraction of sp³-hybridized carbons (Fsp3) is 0.462. The van der Waals surface area contributed by atoms with Crippen LogP contribution in [0.25, 0.3) is 0 Å². The molecule has 1 aliphatic rings. The first-order valence-electron chi connectivity index (χ1n) is 6.05. The van der Waals surface area contributed by atoms with Crippen molar-refractivity contribution in [2.45, 2.75) is 19.4 Å². The zero-order chi connectivity index (χ0) is 13.8. The Hall–Kier alpha value is -1.27. The van der Waals surface area contributed by atoms with E-state index in [4.69, 9.17) is 19.3 Å². The van der Waals surface area contributed by atoms with Gasteiger partial charge in [-0.15, -0.1) is 0 Å². The Morgan fingerprint density at radius 2 is 2.37 bits per heavy atom. The summed E-state index contributed by atoms with van der Waals surface area (Å²) in [5.41, 5.74) is 0.158. The van der Waals surface area contributed by atoms with Crippen molar-refractivity contribution in [2.75, 3.05) is 19.8 Å². The second-order valence-electron chi connectivity index (χ2n) is 4.13. The molecule has 1 aromatic carbocycles. The number of hydrogen-bond acceptors (Lipinski definition) is 4. The van der Waals surface area contributed by atoms with Gasteiger partial charge in [0.1, 0.15) is 6.10 Å². The molecule has 1 unspecified atom stereocenters. The summed E-state index contributed by atoms with van der Waals surface area (Å²) in [5.74, 6) is -0.0408. The zero-order valence-corrected chi connectivity index (χ0v) is 12.1. The third-order valence-electron chi connectivity index (χ3n) is 2.73. The molecule has 1 saturated heterocycles. The fourth-order valence-electron chi connectivity index (χ4n) is 1.84. The number of halogens is 1. The number of carboxylic acid groups (broad SMARTS) is 1. The normalized spacial score (nSPS) is 18.3. The van der Waals surface area contributed by atoms with Gasteiger partial charge in [0, 0.05) is 6.42 Å². The van der Waals surface area contributed by atoms with Gasteiger partial charge >= 0.3 is 5.97 Å². The van der Waals surface area contributed by atoms with E-state index in [0.717, 1.165) is 6.42 Å². The molecule has 5 nitrogen and oxygen atoms in total. The van der Waals surface area contributed by atoms with E-state index >= 15 is 0 Å². The SMILES string of the molecule is CCOc1cc(C(=O)O)cc(Br)c1OC1CCOC1. The zero-order valence-electron chi connectivity index (χ0n) is 10.5. The van der Waals surface area contributed by atoms with E-state index in [-0.39, 0.29) is 11.7 Å². The molecule has 104 valence electrons.